The zero-order chi connectivity index (χ0) is 13.3. The van der Waals surface area contributed by atoms with E-state index in [1.165, 1.54) is 17.1 Å². The topological polar surface area (TPSA) is 72.7 Å². The van der Waals surface area contributed by atoms with Crippen LogP contribution in [-0.2, 0) is 13.2 Å². The van der Waals surface area contributed by atoms with Crippen LogP contribution in [0.3, 0.4) is 0 Å². The third-order valence-electron chi connectivity index (χ3n) is 1.86. The van der Waals surface area contributed by atoms with Gasteiger partial charge in [-0.2, -0.15) is 18.3 Å². The molecule has 0 radical (unpaired) electrons. The number of aromatic nitrogens is 4. The molecule has 0 aliphatic carbocycles. The SMILES string of the molecule is Cn1cc(C(=O)Nc2nnc(C(F)(F)F)s2)cn1. The van der Waals surface area contributed by atoms with Gasteiger partial charge in [-0.05, 0) is 0 Å². The van der Waals surface area contributed by atoms with Gasteiger partial charge in [0.15, 0.2) is 0 Å². The van der Waals surface area contributed by atoms with E-state index < -0.39 is 17.1 Å². The number of hydrogen-bond donors (Lipinski definition) is 1. The van der Waals surface area contributed by atoms with Crippen LogP contribution in [0.15, 0.2) is 12.4 Å². The van der Waals surface area contributed by atoms with Gasteiger partial charge in [0, 0.05) is 13.2 Å². The van der Waals surface area contributed by atoms with Crippen molar-refractivity contribution in [2.75, 3.05) is 5.32 Å². The van der Waals surface area contributed by atoms with E-state index >= 15 is 0 Å². The van der Waals surface area contributed by atoms with Crippen LogP contribution in [0.25, 0.3) is 0 Å². The van der Waals surface area contributed by atoms with E-state index in [4.69, 9.17) is 0 Å². The molecule has 0 aliphatic rings. The average Bonchev–Trinajstić information content (AvgIpc) is 2.85. The second kappa shape index (κ2) is 4.37. The lowest BCUT2D eigenvalue weighted by atomic mass is 10.3. The Hall–Kier alpha value is -1.97. The van der Waals surface area contributed by atoms with Crippen LogP contribution in [0.1, 0.15) is 15.4 Å². The number of amides is 1. The predicted molar refractivity (Wildman–Crippen MR) is 56.1 cm³/mol. The largest absolute Gasteiger partial charge is 0.445 e. The lowest BCUT2D eigenvalue weighted by Gasteiger charge is -1.98. The molecule has 0 saturated carbocycles. The summed E-state index contributed by atoms with van der Waals surface area (Å²) >= 11 is 0.263. The number of halogens is 3. The van der Waals surface area contributed by atoms with Gasteiger partial charge in [0.1, 0.15) is 0 Å². The molecule has 0 unspecified atom stereocenters. The summed E-state index contributed by atoms with van der Waals surface area (Å²) in [5.41, 5.74) is 0.223. The average molecular weight is 277 g/mol. The summed E-state index contributed by atoms with van der Waals surface area (Å²) in [6, 6.07) is 0. The maximum absolute atomic E-state index is 12.2. The maximum Gasteiger partial charge on any atom is 0.445 e. The summed E-state index contributed by atoms with van der Waals surface area (Å²) in [5.74, 6) is -0.590. The first kappa shape index (κ1) is 12.5. The molecule has 96 valence electrons. The highest BCUT2D eigenvalue weighted by molar-refractivity contribution is 7.15. The highest BCUT2D eigenvalue weighted by Gasteiger charge is 2.35. The van der Waals surface area contributed by atoms with Crippen molar-refractivity contribution in [2.24, 2.45) is 7.05 Å². The molecule has 0 aromatic carbocycles. The maximum atomic E-state index is 12.2. The van der Waals surface area contributed by atoms with E-state index in [1.807, 2.05) is 0 Å². The number of nitrogens with one attached hydrogen (secondary N) is 1. The van der Waals surface area contributed by atoms with Crippen molar-refractivity contribution in [1.82, 2.24) is 20.0 Å². The second-order valence-corrected chi connectivity index (χ2v) is 4.24. The Kier molecular flexibility index (Phi) is 3.03. The first-order chi connectivity index (χ1) is 8.36. The van der Waals surface area contributed by atoms with Crippen molar-refractivity contribution in [3.05, 3.63) is 23.0 Å². The van der Waals surface area contributed by atoms with Crippen molar-refractivity contribution < 1.29 is 18.0 Å². The minimum absolute atomic E-state index is 0.212. The summed E-state index contributed by atoms with van der Waals surface area (Å²) in [6.45, 7) is 0. The van der Waals surface area contributed by atoms with Gasteiger partial charge < -0.3 is 0 Å². The van der Waals surface area contributed by atoms with Gasteiger partial charge in [0.25, 0.3) is 5.91 Å². The van der Waals surface area contributed by atoms with Crippen LogP contribution in [-0.4, -0.2) is 25.9 Å². The van der Waals surface area contributed by atoms with Crippen LogP contribution in [0.5, 0.6) is 0 Å². The fourth-order valence-electron chi connectivity index (χ4n) is 1.10. The standard InChI is InChI=1S/C8H6F3N5OS/c1-16-3-4(2-12-16)5(17)13-7-15-14-6(18-7)8(9,10)11/h2-3H,1H3,(H,13,15,17). The summed E-state index contributed by atoms with van der Waals surface area (Å²) in [4.78, 5) is 11.6. The molecule has 0 bridgehead atoms. The van der Waals surface area contributed by atoms with Crippen molar-refractivity contribution in [1.29, 1.82) is 0 Å². The van der Waals surface area contributed by atoms with E-state index in [0.29, 0.717) is 0 Å². The quantitative estimate of drug-likeness (QED) is 0.903. The number of hydrogen-bond acceptors (Lipinski definition) is 5. The van der Waals surface area contributed by atoms with Crippen LogP contribution in [0, 0.1) is 0 Å². The van der Waals surface area contributed by atoms with Crippen molar-refractivity contribution >= 4 is 22.4 Å². The molecule has 2 rings (SSSR count). The minimum atomic E-state index is -4.56. The molecule has 18 heavy (non-hydrogen) atoms. The fourth-order valence-corrected chi connectivity index (χ4v) is 1.70. The molecule has 10 heteroatoms. The van der Waals surface area contributed by atoms with Crippen molar-refractivity contribution in [2.45, 2.75) is 6.18 Å². The molecule has 2 aromatic rings. The van der Waals surface area contributed by atoms with Gasteiger partial charge in [-0.25, -0.2) is 0 Å². The lowest BCUT2D eigenvalue weighted by molar-refractivity contribution is -0.138. The molecule has 0 spiro atoms. The van der Waals surface area contributed by atoms with E-state index in [0.717, 1.165) is 0 Å². The van der Waals surface area contributed by atoms with Gasteiger partial charge >= 0.3 is 6.18 Å². The van der Waals surface area contributed by atoms with Gasteiger partial charge in [-0.3, -0.25) is 14.8 Å². The first-order valence-corrected chi connectivity index (χ1v) is 5.38. The van der Waals surface area contributed by atoms with Gasteiger partial charge in [-0.1, -0.05) is 11.3 Å². The summed E-state index contributed by atoms with van der Waals surface area (Å²) in [7, 11) is 1.61. The number of alkyl halides is 3. The van der Waals surface area contributed by atoms with Crippen molar-refractivity contribution in [3.63, 3.8) is 0 Å². The molecule has 0 aliphatic heterocycles. The third kappa shape index (κ3) is 2.64. The number of rotatable bonds is 2. The molecular formula is C8H6F3N5OS. The number of aryl methyl sites for hydroxylation is 1. The first-order valence-electron chi connectivity index (χ1n) is 4.57. The Morgan fingerprint density at radius 1 is 1.44 bits per heavy atom. The normalized spacial score (nSPS) is 11.6. The number of nitrogens with zero attached hydrogens (tertiary/aromatic N) is 4. The van der Waals surface area contributed by atoms with Crippen molar-refractivity contribution in [3.8, 4) is 0 Å². The van der Waals surface area contributed by atoms with Crippen LogP contribution in [0.2, 0.25) is 0 Å². The molecule has 0 atom stereocenters. The van der Waals surface area contributed by atoms with E-state index in [2.05, 4.69) is 20.6 Å². The number of carbonyl (C=O) groups excluding carboxylic acids is 1. The van der Waals surface area contributed by atoms with E-state index in [9.17, 15) is 18.0 Å². The third-order valence-corrected chi connectivity index (χ3v) is 2.74. The molecule has 1 amide bonds. The monoisotopic (exact) mass is 277 g/mol. The van der Waals surface area contributed by atoms with Gasteiger partial charge in [0.2, 0.25) is 10.1 Å². The Balaban J connectivity index is 2.10. The molecule has 0 saturated heterocycles. The zero-order valence-corrected chi connectivity index (χ0v) is 9.71. The summed E-state index contributed by atoms with van der Waals surface area (Å²) in [6.07, 6.45) is -1.84. The van der Waals surface area contributed by atoms with Gasteiger partial charge in [0.05, 0.1) is 11.8 Å². The summed E-state index contributed by atoms with van der Waals surface area (Å²) < 4.78 is 38.1. The van der Waals surface area contributed by atoms with E-state index in [1.54, 1.807) is 7.05 Å². The molecule has 2 aromatic heterocycles. The van der Waals surface area contributed by atoms with Crippen LogP contribution in [0.4, 0.5) is 18.3 Å². The number of carbonyl (C=O) groups is 1. The zero-order valence-electron chi connectivity index (χ0n) is 8.89. The lowest BCUT2D eigenvalue weighted by Crippen LogP contribution is -2.10. The second-order valence-electron chi connectivity index (χ2n) is 3.27. The van der Waals surface area contributed by atoms with E-state index in [-0.39, 0.29) is 22.0 Å². The number of anilines is 1. The fraction of sp³-hybridized carbons (Fsp3) is 0.250. The molecule has 2 heterocycles. The Morgan fingerprint density at radius 2 is 2.17 bits per heavy atom. The summed E-state index contributed by atoms with van der Waals surface area (Å²) in [5, 5.41) is 10.9. The Morgan fingerprint density at radius 3 is 2.67 bits per heavy atom. The molecule has 6 nitrogen and oxygen atoms in total. The molecular weight excluding hydrogens is 271 g/mol. The smallest absolute Gasteiger partial charge is 0.296 e. The Bertz CT molecular complexity index is 575. The van der Waals surface area contributed by atoms with Gasteiger partial charge in [-0.15, -0.1) is 10.2 Å². The molecule has 0 fully saturated rings. The Labute approximate surface area is 102 Å². The highest BCUT2D eigenvalue weighted by Crippen LogP contribution is 2.33. The minimum Gasteiger partial charge on any atom is -0.296 e. The molecule has 1 N–H and O–H groups in total. The predicted octanol–water partition coefficient (Wildman–Crippen LogP) is 1.54. The highest BCUT2D eigenvalue weighted by atomic mass is 32.1. The van der Waals surface area contributed by atoms with Crippen LogP contribution >= 0.6 is 11.3 Å². The van der Waals surface area contributed by atoms with Crippen LogP contribution < -0.4 is 5.32 Å².